The largest absolute Gasteiger partial charge is 0.467 e. The summed E-state index contributed by atoms with van der Waals surface area (Å²) < 4.78 is 10.1. The van der Waals surface area contributed by atoms with Crippen LogP contribution in [-0.2, 0) is 16.1 Å². The van der Waals surface area contributed by atoms with Gasteiger partial charge in [0.2, 0.25) is 0 Å². The maximum Gasteiger partial charge on any atom is 0.339 e. The average molecular weight is 384 g/mol. The van der Waals surface area contributed by atoms with Crippen molar-refractivity contribution in [3.8, 4) is 0 Å². The molecule has 0 aliphatic rings. The summed E-state index contributed by atoms with van der Waals surface area (Å²) in [7, 11) is 0. The smallest absolute Gasteiger partial charge is 0.339 e. The van der Waals surface area contributed by atoms with Gasteiger partial charge in [0.15, 0.2) is 6.61 Å². The molecular formula is C19H16N2O5S. The van der Waals surface area contributed by atoms with Crippen LogP contribution < -0.4 is 10.6 Å². The number of anilines is 1. The van der Waals surface area contributed by atoms with Gasteiger partial charge in [-0.25, -0.2) is 4.79 Å². The molecule has 0 atom stereocenters. The van der Waals surface area contributed by atoms with Crippen molar-refractivity contribution in [2.75, 3.05) is 11.9 Å². The normalized spacial score (nSPS) is 10.2. The van der Waals surface area contributed by atoms with Crippen LogP contribution in [0.3, 0.4) is 0 Å². The van der Waals surface area contributed by atoms with E-state index in [-0.39, 0.29) is 12.5 Å². The maximum absolute atomic E-state index is 12.4. The number of carbonyl (C=O) groups excluding carboxylic acids is 3. The topological polar surface area (TPSA) is 97.6 Å². The quantitative estimate of drug-likeness (QED) is 0.610. The third kappa shape index (κ3) is 5.05. The molecule has 0 aliphatic carbocycles. The highest BCUT2D eigenvalue weighted by Crippen LogP contribution is 2.15. The number of thiophene rings is 1. The Kier molecular flexibility index (Phi) is 6.01. The molecule has 2 N–H and O–H groups in total. The lowest BCUT2D eigenvalue weighted by Crippen LogP contribution is -2.26. The Morgan fingerprint density at radius 3 is 2.67 bits per heavy atom. The minimum absolute atomic E-state index is 0.229. The van der Waals surface area contributed by atoms with E-state index in [4.69, 9.17) is 9.15 Å². The number of esters is 1. The van der Waals surface area contributed by atoms with Crippen molar-refractivity contribution in [2.45, 2.75) is 6.54 Å². The van der Waals surface area contributed by atoms with E-state index in [0.717, 1.165) is 0 Å². The molecule has 138 valence electrons. The van der Waals surface area contributed by atoms with Crippen molar-refractivity contribution in [1.82, 2.24) is 5.32 Å². The Hall–Kier alpha value is -3.39. The highest BCUT2D eigenvalue weighted by Gasteiger charge is 2.15. The van der Waals surface area contributed by atoms with E-state index in [9.17, 15) is 14.4 Å². The number of ether oxygens (including phenoxy) is 1. The standard InChI is InChI=1S/C19H16N2O5S/c22-17(11-26-19(24)13-7-9-27-12-13)21-16-6-2-1-5-15(16)18(23)20-10-14-4-3-8-25-14/h1-9,12H,10-11H2,(H,20,23)(H,21,22). The molecule has 27 heavy (non-hydrogen) atoms. The zero-order chi connectivity index (χ0) is 19.1. The van der Waals surface area contributed by atoms with Gasteiger partial charge in [-0.2, -0.15) is 11.3 Å². The lowest BCUT2D eigenvalue weighted by atomic mass is 10.1. The van der Waals surface area contributed by atoms with Gasteiger partial charge in [0.1, 0.15) is 5.76 Å². The van der Waals surface area contributed by atoms with Crippen LogP contribution in [0.4, 0.5) is 5.69 Å². The highest BCUT2D eigenvalue weighted by molar-refractivity contribution is 7.08. The summed E-state index contributed by atoms with van der Waals surface area (Å²) in [5.74, 6) is -0.858. The van der Waals surface area contributed by atoms with Gasteiger partial charge in [-0.3, -0.25) is 9.59 Å². The SMILES string of the molecule is O=C(COC(=O)c1ccsc1)Nc1ccccc1C(=O)NCc1ccco1. The first-order valence-corrected chi connectivity index (χ1v) is 8.96. The van der Waals surface area contributed by atoms with Crippen LogP contribution in [0.1, 0.15) is 26.5 Å². The van der Waals surface area contributed by atoms with Gasteiger partial charge in [0.05, 0.1) is 29.6 Å². The van der Waals surface area contributed by atoms with Gasteiger partial charge in [-0.15, -0.1) is 0 Å². The average Bonchev–Trinajstić information content (AvgIpc) is 3.38. The van der Waals surface area contributed by atoms with Gasteiger partial charge in [0, 0.05) is 5.38 Å². The molecule has 0 unspecified atom stereocenters. The van der Waals surface area contributed by atoms with E-state index < -0.39 is 18.5 Å². The monoisotopic (exact) mass is 384 g/mol. The fourth-order valence-corrected chi connectivity index (χ4v) is 2.87. The number of para-hydroxylation sites is 1. The Labute approximate surface area is 159 Å². The summed E-state index contributed by atoms with van der Waals surface area (Å²) in [4.78, 5) is 36.2. The minimum atomic E-state index is -0.573. The fourth-order valence-electron chi connectivity index (χ4n) is 2.25. The lowest BCUT2D eigenvalue weighted by molar-refractivity contribution is -0.119. The number of benzene rings is 1. The number of amides is 2. The molecule has 0 radical (unpaired) electrons. The molecule has 2 heterocycles. The molecule has 1 aromatic carbocycles. The summed E-state index contributed by atoms with van der Waals surface area (Å²) >= 11 is 1.36. The second-order valence-corrected chi connectivity index (χ2v) is 6.22. The van der Waals surface area contributed by atoms with Crippen LogP contribution in [-0.4, -0.2) is 24.4 Å². The molecule has 3 aromatic rings. The van der Waals surface area contributed by atoms with Gasteiger partial charge >= 0.3 is 5.97 Å². The van der Waals surface area contributed by atoms with Gasteiger partial charge in [-0.05, 0) is 35.7 Å². The first-order valence-electron chi connectivity index (χ1n) is 8.02. The van der Waals surface area contributed by atoms with Crippen molar-refractivity contribution in [1.29, 1.82) is 0 Å². The van der Waals surface area contributed by atoms with Gasteiger partial charge < -0.3 is 19.8 Å². The zero-order valence-electron chi connectivity index (χ0n) is 14.1. The molecule has 0 aliphatic heterocycles. The zero-order valence-corrected chi connectivity index (χ0v) is 15.0. The lowest BCUT2D eigenvalue weighted by Gasteiger charge is -2.11. The van der Waals surface area contributed by atoms with E-state index in [0.29, 0.717) is 22.6 Å². The van der Waals surface area contributed by atoms with Crippen LogP contribution >= 0.6 is 11.3 Å². The Morgan fingerprint density at radius 1 is 1.07 bits per heavy atom. The number of hydrogen-bond acceptors (Lipinski definition) is 6. The van der Waals surface area contributed by atoms with Crippen molar-refractivity contribution in [3.63, 3.8) is 0 Å². The van der Waals surface area contributed by atoms with Crippen molar-refractivity contribution < 1.29 is 23.5 Å². The third-order valence-corrected chi connectivity index (χ3v) is 4.22. The Bertz CT molecular complexity index is 920. The van der Waals surface area contributed by atoms with Crippen LogP contribution in [0.5, 0.6) is 0 Å². The van der Waals surface area contributed by atoms with Crippen molar-refractivity contribution in [3.05, 3.63) is 76.4 Å². The molecule has 0 saturated heterocycles. The number of nitrogens with one attached hydrogen (secondary N) is 2. The molecule has 0 spiro atoms. The van der Waals surface area contributed by atoms with Crippen molar-refractivity contribution in [2.24, 2.45) is 0 Å². The fraction of sp³-hybridized carbons (Fsp3) is 0.105. The van der Waals surface area contributed by atoms with Crippen molar-refractivity contribution >= 4 is 34.8 Å². The Balaban J connectivity index is 1.57. The van der Waals surface area contributed by atoms with Crippen LogP contribution in [0.2, 0.25) is 0 Å². The van der Waals surface area contributed by atoms with E-state index in [1.165, 1.54) is 17.6 Å². The number of furan rings is 1. The predicted molar refractivity (Wildman–Crippen MR) is 99.6 cm³/mol. The molecule has 3 rings (SSSR count). The molecule has 0 fully saturated rings. The molecule has 0 saturated carbocycles. The second-order valence-electron chi connectivity index (χ2n) is 5.44. The molecule has 7 nitrogen and oxygen atoms in total. The number of hydrogen-bond donors (Lipinski definition) is 2. The maximum atomic E-state index is 12.4. The van der Waals surface area contributed by atoms with E-state index >= 15 is 0 Å². The Morgan fingerprint density at radius 2 is 1.93 bits per heavy atom. The second kappa shape index (κ2) is 8.81. The summed E-state index contributed by atoms with van der Waals surface area (Å²) in [6.07, 6.45) is 1.52. The van der Waals surface area contributed by atoms with Gasteiger partial charge in [0.25, 0.3) is 11.8 Å². The predicted octanol–water partition coefficient (Wildman–Crippen LogP) is 3.07. The van der Waals surface area contributed by atoms with E-state index in [1.807, 2.05) is 0 Å². The highest BCUT2D eigenvalue weighted by atomic mass is 32.1. The summed E-state index contributed by atoms with van der Waals surface area (Å²) in [5.41, 5.74) is 1.01. The number of rotatable bonds is 7. The minimum Gasteiger partial charge on any atom is -0.467 e. The number of carbonyl (C=O) groups is 3. The molecular weight excluding hydrogens is 368 g/mol. The first kappa shape index (κ1) is 18.4. The summed E-state index contributed by atoms with van der Waals surface area (Å²) in [6, 6.07) is 11.7. The van der Waals surface area contributed by atoms with E-state index in [1.54, 1.807) is 53.2 Å². The van der Waals surface area contributed by atoms with E-state index in [2.05, 4.69) is 10.6 Å². The third-order valence-electron chi connectivity index (χ3n) is 3.54. The molecule has 8 heteroatoms. The van der Waals surface area contributed by atoms with Gasteiger partial charge in [-0.1, -0.05) is 12.1 Å². The summed E-state index contributed by atoms with van der Waals surface area (Å²) in [6.45, 7) is -0.219. The summed E-state index contributed by atoms with van der Waals surface area (Å²) in [5, 5.41) is 8.69. The molecule has 2 aromatic heterocycles. The van der Waals surface area contributed by atoms with Crippen LogP contribution in [0.25, 0.3) is 0 Å². The molecule has 2 amide bonds. The molecule has 0 bridgehead atoms. The first-order chi connectivity index (χ1) is 13.1. The van der Waals surface area contributed by atoms with Crippen LogP contribution in [0.15, 0.2) is 63.9 Å². The van der Waals surface area contributed by atoms with Crippen LogP contribution in [0, 0.1) is 0 Å².